The van der Waals surface area contributed by atoms with Crippen LogP contribution in [0.25, 0.3) is 0 Å². The summed E-state index contributed by atoms with van der Waals surface area (Å²) in [4.78, 5) is 38.5. The van der Waals surface area contributed by atoms with Crippen LogP contribution < -0.4 is 10.5 Å². The van der Waals surface area contributed by atoms with E-state index in [4.69, 9.17) is 0 Å². The molecule has 43 heavy (non-hydrogen) atoms. The molecule has 3 aliphatic rings. The Morgan fingerprint density at radius 1 is 0.907 bits per heavy atom. The molecule has 2 aliphatic heterocycles. The molecule has 0 aromatic carbocycles. The number of halogens is 9. The number of nitrogens with zero attached hydrogens (tertiary/aromatic N) is 7. The average molecular weight is 629 g/mol. The number of piperazine rings is 2. The number of H-pyrrole nitrogens is 1. The van der Waals surface area contributed by atoms with Gasteiger partial charge >= 0.3 is 18.5 Å². The number of amides is 1. The van der Waals surface area contributed by atoms with Crippen LogP contribution in [0, 0.1) is 0 Å². The van der Waals surface area contributed by atoms with E-state index in [0.29, 0.717) is 12.4 Å². The van der Waals surface area contributed by atoms with Crippen LogP contribution in [0.5, 0.6) is 0 Å². The molecule has 1 amide bonds. The van der Waals surface area contributed by atoms with Crippen LogP contribution in [0.2, 0.25) is 0 Å². The Morgan fingerprint density at radius 2 is 1.56 bits per heavy atom. The first-order valence-electron chi connectivity index (χ1n) is 13.2. The zero-order valence-electron chi connectivity index (χ0n) is 22.2. The van der Waals surface area contributed by atoms with Crippen molar-refractivity contribution < 1.29 is 44.3 Å². The highest BCUT2D eigenvalue weighted by molar-refractivity contribution is 5.82. The van der Waals surface area contributed by atoms with Gasteiger partial charge in [-0.3, -0.25) is 19.4 Å². The summed E-state index contributed by atoms with van der Waals surface area (Å²) in [7, 11) is 0. The number of carbonyl (C=O) groups is 1. The van der Waals surface area contributed by atoms with Crippen LogP contribution in [0.4, 0.5) is 45.5 Å². The smallest absolute Gasteiger partial charge is 0.338 e. The summed E-state index contributed by atoms with van der Waals surface area (Å²) in [6.45, 7) is -1.49. The number of nitrogens with one attached hydrogen (secondary N) is 1. The van der Waals surface area contributed by atoms with Crippen LogP contribution in [0.3, 0.4) is 0 Å². The van der Waals surface area contributed by atoms with Crippen LogP contribution >= 0.6 is 0 Å². The van der Waals surface area contributed by atoms with E-state index < -0.39 is 59.8 Å². The zero-order chi connectivity index (χ0) is 31.3. The van der Waals surface area contributed by atoms with Crippen LogP contribution in [-0.2, 0) is 23.6 Å². The molecular formula is C24H25F9N8O2. The second-order valence-corrected chi connectivity index (χ2v) is 10.5. The molecule has 0 spiro atoms. The lowest BCUT2D eigenvalue weighted by Gasteiger charge is -2.45. The van der Waals surface area contributed by atoms with E-state index >= 15 is 0 Å². The van der Waals surface area contributed by atoms with E-state index in [9.17, 15) is 49.1 Å². The van der Waals surface area contributed by atoms with E-state index in [-0.39, 0.29) is 75.9 Å². The summed E-state index contributed by atoms with van der Waals surface area (Å²) < 4.78 is 119. The van der Waals surface area contributed by atoms with Gasteiger partial charge in [-0.2, -0.15) is 44.6 Å². The Morgan fingerprint density at radius 3 is 2.14 bits per heavy atom. The Labute approximate surface area is 237 Å². The quantitative estimate of drug-likeness (QED) is 0.516. The van der Waals surface area contributed by atoms with Crippen LogP contribution in [0.1, 0.15) is 34.8 Å². The third-order valence-corrected chi connectivity index (χ3v) is 7.85. The molecule has 2 aromatic rings. The Bertz CT molecular complexity index is 1390. The molecule has 2 atom stereocenters. The fraction of sp³-hybridized carbons (Fsp3) is 0.625. The van der Waals surface area contributed by atoms with Crippen molar-refractivity contribution in [1.29, 1.82) is 0 Å². The van der Waals surface area contributed by atoms with Crippen molar-refractivity contribution in [1.82, 2.24) is 34.9 Å². The van der Waals surface area contributed by atoms with Crippen molar-refractivity contribution in [2.45, 2.75) is 43.5 Å². The van der Waals surface area contributed by atoms with Crippen molar-refractivity contribution in [2.75, 3.05) is 57.3 Å². The number of hydrogen-bond acceptors (Lipinski definition) is 8. The van der Waals surface area contributed by atoms with E-state index in [1.807, 2.05) is 5.10 Å². The first kappa shape index (κ1) is 31.0. The van der Waals surface area contributed by atoms with Gasteiger partial charge in [0.25, 0.3) is 5.56 Å². The highest BCUT2D eigenvalue weighted by atomic mass is 19.4. The number of hydrogen-bond donors (Lipinski definition) is 1. The van der Waals surface area contributed by atoms with Gasteiger partial charge in [0.2, 0.25) is 11.9 Å². The van der Waals surface area contributed by atoms with E-state index in [1.54, 1.807) is 9.80 Å². The maximum atomic E-state index is 13.6. The van der Waals surface area contributed by atoms with Crippen molar-refractivity contribution in [2.24, 2.45) is 0 Å². The van der Waals surface area contributed by atoms with Gasteiger partial charge in [-0.1, -0.05) is 0 Å². The molecular weight excluding hydrogens is 603 g/mol. The SMILES string of the molecule is O=C(C1CN(C2CCc3c2n[nH]c(=O)c3C(F)(F)F)CCN1CC(F)(F)F)N1CCN(c2ncc(C(F)(F)F)cn2)CC1. The van der Waals surface area contributed by atoms with Crippen molar-refractivity contribution in [3.8, 4) is 0 Å². The summed E-state index contributed by atoms with van der Waals surface area (Å²) in [5.41, 5.74) is -4.04. The minimum absolute atomic E-state index is 0.00584. The number of anilines is 1. The van der Waals surface area contributed by atoms with Gasteiger partial charge in [-0.15, -0.1) is 0 Å². The summed E-state index contributed by atoms with van der Waals surface area (Å²) in [6.07, 6.45) is -12.9. The summed E-state index contributed by atoms with van der Waals surface area (Å²) in [5.74, 6) is -0.614. The van der Waals surface area contributed by atoms with Gasteiger partial charge in [0, 0.05) is 58.2 Å². The summed E-state index contributed by atoms with van der Waals surface area (Å²) in [6, 6.07) is -2.02. The number of fused-ring (bicyclic) bond motifs is 1. The molecule has 2 unspecified atom stereocenters. The highest BCUT2D eigenvalue weighted by Gasteiger charge is 2.46. The molecule has 4 heterocycles. The standard InChI is InChI=1S/C24H25F9N8O2/c25-22(26,27)12-41-8-7-40(15-2-1-14-17(24(31,32)33)19(42)37-36-18(14)15)11-16(41)20(43)38-3-5-39(6-4-38)21-34-9-13(10-35-21)23(28,29)30/h9-10,15-16H,1-8,11-12H2,(H,37,42). The Balaban J connectivity index is 1.31. The second kappa shape index (κ2) is 11.2. The van der Waals surface area contributed by atoms with Crippen molar-refractivity contribution >= 4 is 11.9 Å². The summed E-state index contributed by atoms with van der Waals surface area (Å²) >= 11 is 0. The first-order valence-corrected chi connectivity index (χ1v) is 13.2. The second-order valence-electron chi connectivity index (χ2n) is 10.5. The van der Waals surface area contributed by atoms with Crippen LogP contribution in [-0.4, -0.2) is 105 Å². The summed E-state index contributed by atoms with van der Waals surface area (Å²) in [5, 5.41) is 5.71. The largest absolute Gasteiger partial charge is 0.422 e. The number of rotatable bonds is 4. The molecule has 10 nitrogen and oxygen atoms in total. The van der Waals surface area contributed by atoms with Gasteiger partial charge in [-0.25, -0.2) is 15.1 Å². The van der Waals surface area contributed by atoms with Gasteiger partial charge < -0.3 is 9.80 Å². The number of aromatic nitrogens is 4. The van der Waals surface area contributed by atoms with E-state index in [2.05, 4.69) is 15.1 Å². The third-order valence-electron chi connectivity index (χ3n) is 7.85. The number of carbonyl (C=O) groups excluding carboxylic acids is 1. The van der Waals surface area contributed by atoms with E-state index in [0.717, 1.165) is 4.90 Å². The molecule has 236 valence electrons. The van der Waals surface area contributed by atoms with Gasteiger partial charge in [-0.05, 0) is 18.4 Å². The topological polar surface area (TPSA) is 102 Å². The van der Waals surface area contributed by atoms with Crippen LogP contribution in [0.15, 0.2) is 17.2 Å². The van der Waals surface area contributed by atoms with Crippen molar-refractivity contribution in [3.63, 3.8) is 0 Å². The maximum absolute atomic E-state index is 13.6. The fourth-order valence-electron chi connectivity index (χ4n) is 5.85. The molecule has 1 aliphatic carbocycles. The predicted molar refractivity (Wildman–Crippen MR) is 130 cm³/mol. The lowest BCUT2D eigenvalue weighted by Crippen LogP contribution is -2.63. The Hall–Kier alpha value is -3.48. The zero-order valence-corrected chi connectivity index (χ0v) is 22.2. The van der Waals surface area contributed by atoms with Gasteiger partial charge in [0.05, 0.1) is 23.8 Å². The molecule has 19 heteroatoms. The Kier molecular flexibility index (Phi) is 8.08. The minimum atomic E-state index is -4.92. The predicted octanol–water partition coefficient (Wildman–Crippen LogP) is 2.48. The number of aromatic amines is 1. The average Bonchev–Trinajstić information content (AvgIpc) is 3.34. The van der Waals surface area contributed by atoms with E-state index in [1.165, 1.54) is 4.90 Å². The molecule has 0 radical (unpaired) electrons. The lowest BCUT2D eigenvalue weighted by atomic mass is 10.1. The van der Waals surface area contributed by atoms with Gasteiger partial charge in [0.1, 0.15) is 11.6 Å². The van der Waals surface area contributed by atoms with Gasteiger partial charge in [0.15, 0.2) is 0 Å². The molecule has 1 N–H and O–H groups in total. The minimum Gasteiger partial charge on any atom is -0.338 e. The molecule has 0 bridgehead atoms. The normalized spacial score (nSPS) is 22.6. The molecule has 2 saturated heterocycles. The molecule has 0 saturated carbocycles. The third kappa shape index (κ3) is 6.56. The molecule has 2 fully saturated rings. The first-order chi connectivity index (χ1) is 20.0. The lowest BCUT2D eigenvalue weighted by molar-refractivity contribution is -0.165. The molecule has 2 aromatic heterocycles. The maximum Gasteiger partial charge on any atom is 0.422 e. The number of alkyl halides is 9. The highest BCUT2D eigenvalue weighted by Crippen LogP contribution is 2.40. The molecule has 5 rings (SSSR count). The van der Waals surface area contributed by atoms with Crippen molar-refractivity contribution in [3.05, 3.63) is 45.1 Å². The fourth-order valence-corrected chi connectivity index (χ4v) is 5.85. The monoisotopic (exact) mass is 628 g/mol.